The number of hydrogen-bond donors (Lipinski definition) is 1. The molecule has 0 aromatic carbocycles. The molecule has 0 fully saturated rings. The molecule has 1 heterocycles. The van der Waals surface area contributed by atoms with Gasteiger partial charge in [-0.1, -0.05) is 0 Å². The first-order valence-electron chi connectivity index (χ1n) is 3.87. The number of aldehydes is 1. The summed E-state index contributed by atoms with van der Waals surface area (Å²) < 4.78 is 0. The maximum atomic E-state index is 10.3. The molecule has 0 aliphatic rings. The monoisotopic (exact) mass is 181 g/mol. The molecule has 70 valence electrons. The van der Waals surface area contributed by atoms with Crippen LogP contribution in [-0.2, 0) is 0 Å². The van der Waals surface area contributed by atoms with E-state index in [2.05, 4.69) is 9.97 Å². The van der Waals surface area contributed by atoms with Crippen LogP contribution in [0.15, 0.2) is 12.4 Å². The molecular formula is C8H11N3O2. The number of carbonyl (C=O) groups is 1. The van der Waals surface area contributed by atoms with Crippen molar-refractivity contribution >= 4 is 12.1 Å². The second kappa shape index (κ2) is 4.51. The van der Waals surface area contributed by atoms with Crippen molar-refractivity contribution in [1.82, 2.24) is 9.97 Å². The highest BCUT2D eigenvalue weighted by atomic mass is 16.3. The minimum absolute atomic E-state index is 0.0631. The van der Waals surface area contributed by atoms with Gasteiger partial charge in [0.15, 0.2) is 6.29 Å². The molecule has 1 aromatic rings. The van der Waals surface area contributed by atoms with E-state index in [-0.39, 0.29) is 6.61 Å². The highest BCUT2D eigenvalue weighted by Gasteiger charge is 2.01. The number of aromatic nitrogens is 2. The quantitative estimate of drug-likeness (QED) is 0.647. The molecule has 0 aliphatic heterocycles. The predicted molar refractivity (Wildman–Crippen MR) is 47.8 cm³/mol. The van der Waals surface area contributed by atoms with Crippen LogP contribution in [0.4, 0.5) is 5.82 Å². The molecule has 0 spiro atoms. The van der Waals surface area contributed by atoms with E-state index < -0.39 is 0 Å². The van der Waals surface area contributed by atoms with E-state index in [4.69, 9.17) is 5.11 Å². The summed E-state index contributed by atoms with van der Waals surface area (Å²) in [6.07, 6.45) is 3.54. The van der Waals surface area contributed by atoms with Crippen LogP contribution in [0.3, 0.4) is 0 Å². The lowest BCUT2D eigenvalue weighted by atomic mass is 10.5. The Morgan fingerprint density at radius 1 is 1.54 bits per heavy atom. The number of aliphatic hydroxyl groups excluding tert-OH is 1. The van der Waals surface area contributed by atoms with Crippen LogP contribution in [0.1, 0.15) is 10.5 Å². The lowest BCUT2D eigenvalue weighted by Crippen LogP contribution is -2.22. The normalized spacial score (nSPS) is 9.69. The second-order valence-electron chi connectivity index (χ2n) is 2.56. The minimum atomic E-state index is 0.0631. The third-order valence-electron chi connectivity index (χ3n) is 1.61. The van der Waals surface area contributed by atoms with Crippen LogP contribution in [-0.4, -0.2) is 41.6 Å². The Labute approximate surface area is 76.0 Å². The van der Waals surface area contributed by atoms with Gasteiger partial charge in [0.1, 0.15) is 11.5 Å². The van der Waals surface area contributed by atoms with Gasteiger partial charge in [0.05, 0.1) is 19.0 Å². The molecule has 0 aliphatic carbocycles. The third kappa shape index (κ3) is 2.48. The molecule has 0 atom stereocenters. The molecule has 0 saturated heterocycles. The van der Waals surface area contributed by atoms with Gasteiger partial charge in [-0.3, -0.25) is 4.79 Å². The Hall–Kier alpha value is -1.49. The van der Waals surface area contributed by atoms with Crippen molar-refractivity contribution in [1.29, 1.82) is 0 Å². The van der Waals surface area contributed by atoms with E-state index in [1.165, 1.54) is 12.4 Å². The van der Waals surface area contributed by atoms with Crippen LogP contribution >= 0.6 is 0 Å². The Morgan fingerprint density at radius 3 is 2.77 bits per heavy atom. The molecule has 0 amide bonds. The molecule has 0 bridgehead atoms. The summed E-state index contributed by atoms with van der Waals surface area (Å²) in [5, 5.41) is 8.65. The van der Waals surface area contributed by atoms with Crippen molar-refractivity contribution in [3.8, 4) is 0 Å². The number of hydrogen-bond acceptors (Lipinski definition) is 5. The van der Waals surface area contributed by atoms with Gasteiger partial charge in [0, 0.05) is 13.6 Å². The Balaban J connectivity index is 2.73. The fourth-order valence-corrected chi connectivity index (χ4v) is 0.854. The van der Waals surface area contributed by atoms with Crippen LogP contribution < -0.4 is 4.90 Å². The Kier molecular flexibility index (Phi) is 3.33. The number of aliphatic hydroxyl groups is 1. The lowest BCUT2D eigenvalue weighted by Gasteiger charge is -2.15. The van der Waals surface area contributed by atoms with E-state index in [0.29, 0.717) is 24.3 Å². The SMILES string of the molecule is CN(CCO)c1cnc(C=O)cn1. The van der Waals surface area contributed by atoms with Crippen molar-refractivity contribution in [3.05, 3.63) is 18.1 Å². The summed E-state index contributed by atoms with van der Waals surface area (Å²) in [5.74, 6) is 0.639. The molecule has 0 unspecified atom stereocenters. The zero-order valence-corrected chi connectivity index (χ0v) is 7.34. The fourth-order valence-electron chi connectivity index (χ4n) is 0.854. The standard InChI is InChI=1S/C8H11N3O2/c1-11(2-3-12)8-5-9-7(6-13)4-10-8/h4-6,12H,2-3H2,1H3. The van der Waals surface area contributed by atoms with Crippen LogP contribution in [0, 0.1) is 0 Å². The van der Waals surface area contributed by atoms with Gasteiger partial charge in [-0.25, -0.2) is 9.97 Å². The fraction of sp³-hybridized carbons (Fsp3) is 0.375. The van der Waals surface area contributed by atoms with Gasteiger partial charge in [0.2, 0.25) is 0 Å². The van der Waals surface area contributed by atoms with Gasteiger partial charge >= 0.3 is 0 Å². The average Bonchev–Trinajstić information content (AvgIpc) is 2.18. The summed E-state index contributed by atoms with van der Waals surface area (Å²) in [7, 11) is 1.79. The van der Waals surface area contributed by atoms with Crippen molar-refractivity contribution in [2.45, 2.75) is 0 Å². The minimum Gasteiger partial charge on any atom is -0.395 e. The molecule has 5 nitrogen and oxygen atoms in total. The zero-order chi connectivity index (χ0) is 9.68. The van der Waals surface area contributed by atoms with Crippen molar-refractivity contribution < 1.29 is 9.90 Å². The maximum absolute atomic E-state index is 10.3. The lowest BCUT2D eigenvalue weighted by molar-refractivity contribution is 0.111. The third-order valence-corrected chi connectivity index (χ3v) is 1.61. The van der Waals surface area contributed by atoms with Crippen LogP contribution in [0.25, 0.3) is 0 Å². The smallest absolute Gasteiger partial charge is 0.170 e. The van der Waals surface area contributed by atoms with E-state index in [1.807, 2.05) is 0 Å². The molecular weight excluding hydrogens is 170 g/mol. The summed E-state index contributed by atoms with van der Waals surface area (Å²) in [5.41, 5.74) is 0.307. The van der Waals surface area contributed by atoms with Crippen molar-refractivity contribution in [2.75, 3.05) is 25.1 Å². The highest BCUT2D eigenvalue weighted by molar-refractivity contribution is 5.71. The van der Waals surface area contributed by atoms with E-state index in [1.54, 1.807) is 11.9 Å². The van der Waals surface area contributed by atoms with Gasteiger partial charge in [-0.2, -0.15) is 0 Å². The Bertz CT molecular complexity index is 273. The number of nitrogens with zero attached hydrogens (tertiary/aromatic N) is 3. The Morgan fingerprint density at radius 2 is 2.31 bits per heavy atom. The molecule has 1 N–H and O–H groups in total. The zero-order valence-electron chi connectivity index (χ0n) is 7.34. The first-order chi connectivity index (χ1) is 6.27. The predicted octanol–water partition coefficient (Wildman–Crippen LogP) is -0.282. The van der Waals surface area contributed by atoms with E-state index in [0.717, 1.165) is 0 Å². The summed E-state index contributed by atoms with van der Waals surface area (Å²) >= 11 is 0. The molecule has 0 saturated carbocycles. The van der Waals surface area contributed by atoms with E-state index in [9.17, 15) is 4.79 Å². The number of likely N-dealkylation sites (N-methyl/N-ethyl adjacent to an activating group) is 1. The largest absolute Gasteiger partial charge is 0.395 e. The number of rotatable bonds is 4. The van der Waals surface area contributed by atoms with Crippen molar-refractivity contribution in [2.24, 2.45) is 0 Å². The molecule has 13 heavy (non-hydrogen) atoms. The van der Waals surface area contributed by atoms with Crippen LogP contribution in [0.5, 0.6) is 0 Å². The molecule has 1 aromatic heterocycles. The van der Waals surface area contributed by atoms with Gasteiger partial charge in [0.25, 0.3) is 0 Å². The first kappa shape index (κ1) is 9.60. The molecule has 0 radical (unpaired) electrons. The second-order valence-corrected chi connectivity index (χ2v) is 2.56. The summed E-state index contributed by atoms with van der Waals surface area (Å²) in [6, 6.07) is 0. The number of anilines is 1. The van der Waals surface area contributed by atoms with Gasteiger partial charge in [-0.15, -0.1) is 0 Å². The average molecular weight is 181 g/mol. The summed E-state index contributed by atoms with van der Waals surface area (Å²) in [6.45, 7) is 0.558. The molecule has 1 rings (SSSR count). The van der Waals surface area contributed by atoms with Crippen molar-refractivity contribution in [3.63, 3.8) is 0 Å². The number of carbonyl (C=O) groups excluding carboxylic acids is 1. The van der Waals surface area contributed by atoms with E-state index >= 15 is 0 Å². The first-order valence-corrected chi connectivity index (χ1v) is 3.87. The highest BCUT2D eigenvalue weighted by Crippen LogP contribution is 2.04. The van der Waals surface area contributed by atoms with Gasteiger partial charge < -0.3 is 10.0 Å². The molecule has 5 heteroatoms. The van der Waals surface area contributed by atoms with Gasteiger partial charge in [-0.05, 0) is 0 Å². The van der Waals surface area contributed by atoms with Crippen LogP contribution in [0.2, 0.25) is 0 Å². The topological polar surface area (TPSA) is 66.3 Å². The maximum Gasteiger partial charge on any atom is 0.170 e. The summed E-state index contributed by atoms with van der Waals surface area (Å²) in [4.78, 5) is 19.8.